The molecular weight excluding hydrogens is 288 g/mol. The molecule has 0 N–H and O–H groups in total. The standard InChI is InChI=1S/C20H30O3/c1-4-7-8-9-10-11-12-14-17-18(22-6-3)15-13-16-19(17)23-20(21)5-2/h5,13,15-16H,2,4,6-12,14H2,1,3H3. The van der Waals surface area contributed by atoms with Crippen LogP contribution in [-0.4, -0.2) is 12.6 Å². The molecule has 0 spiro atoms. The first-order valence-corrected chi connectivity index (χ1v) is 8.81. The Kier molecular flexibility index (Phi) is 9.85. The molecule has 0 aliphatic rings. The van der Waals surface area contributed by atoms with Gasteiger partial charge in [-0.05, 0) is 31.9 Å². The molecule has 0 aliphatic carbocycles. The molecule has 3 heteroatoms. The molecule has 1 rings (SSSR count). The number of esters is 1. The fourth-order valence-corrected chi connectivity index (χ4v) is 2.59. The van der Waals surface area contributed by atoms with E-state index in [0.717, 1.165) is 24.2 Å². The Bertz CT molecular complexity index is 480. The number of hydrogen-bond acceptors (Lipinski definition) is 3. The molecule has 0 atom stereocenters. The summed E-state index contributed by atoms with van der Waals surface area (Å²) in [5, 5.41) is 0. The van der Waals surface area contributed by atoms with E-state index in [1.165, 1.54) is 44.6 Å². The van der Waals surface area contributed by atoms with Crippen molar-refractivity contribution in [3.8, 4) is 11.5 Å². The zero-order valence-corrected chi connectivity index (χ0v) is 14.6. The molecule has 1 aromatic carbocycles. The van der Waals surface area contributed by atoms with Crippen LogP contribution >= 0.6 is 0 Å². The molecule has 3 nitrogen and oxygen atoms in total. The van der Waals surface area contributed by atoms with E-state index < -0.39 is 5.97 Å². The highest BCUT2D eigenvalue weighted by Gasteiger charge is 2.12. The summed E-state index contributed by atoms with van der Waals surface area (Å²) in [4.78, 5) is 11.5. The second-order valence-corrected chi connectivity index (χ2v) is 5.66. The smallest absolute Gasteiger partial charge is 0.335 e. The third kappa shape index (κ3) is 7.36. The van der Waals surface area contributed by atoms with Gasteiger partial charge in [0, 0.05) is 11.6 Å². The fraction of sp³-hybridized carbons (Fsp3) is 0.550. The number of hydrogen-bond donors (Lipinski definition) is 0. The van der Waals surface area contributed by atoms with Gasteiger partial charge in [0.25, 0.3) is 0 Å². The minimum atomic E-state index is -0.431. The molecule has 23 heavy (non-hydrogen) atoms. The highest BCUT2D eigenvalue weighted by Crippen LogP contribution is 2.30. The molecule has 0 bridgehead atoms. The van der Waals surface area contributed by atoms with Gasteiger partial charge in [0.05, 0.1) is 6.61 Å². The van der Waals surface area contributed by atoms with Gasteiger partial charge in [-0.1, -0.05) is 58.1 Å². The topological polar surface area (TPSA) is 35.5 Å². The maximum Gasteiger partial charge on any atom is 0.335 e. The molecule has 0 amide bonds. The van der Waals surface area contributed by atoms with Gasteiger partial charge in [-0.15, -0.1) is 0 Å². The minimum absolute atomic E-state index is 0.431. The van der Waals surface area contributed by atoms with E-state index in [2.05, 4.69) is 13.5 Å². The highest BCUT2D eigenvalue weighted by molar-refractivity contribution is 5.83. The first kappa shape index (κ1) is 19.3. The lowest BCUT2D eigenvalue weighted by Gasteiger charge is -2.14. The van der Waals surface area contributed by atoms with E-state index >= 15 is 0 Å². The minimum Gasteiger partial charge on any atom is -0.493 e. The molecule has 0 aromatic heterocycles. The monoisotopic (exact) mass is 318 g/mol. The molecule has 128 valence electrons. The normalized spacial score (nSPS) is 10.3. The van der Waals surface area contributed by atoms with Gasteiger partial charge >= 0.3 is 5.97 Å². The first-order valence-electron chi connectivity index (χ1n) is 8.81. The Morgan fingerprint density at radius 3 is 2.35 bits per heavy atom. The van der Waals surface area contributed by atoms with Crippen molar-refractivity contribution in [3.63, 3.8) is 0 Å². The Hall–Kier alpha value is -1.77. The fourth-order valence-electron chi connectivity index (χ4n) is 2.59. The Labute approximate surface area is 140 Å². The Morgan fingerprint density at radius 1 is 1.04 bits per heavy atom. The molecule has 0 unspecified atom stereocenters. The third-order valence-corrected chi connectivity index (χ3v) is 3.80. The van der Waals surface area contributed by atoms with E-state index in [4.69, 9.17) is 9.47 Å². The van der Waals surface area contributed by atoms with E-state index in [1.807, 2.05) is 25.1 Å². The van der Waals surface area contributed by atoms with Crippen LogP contribution in [0, 0.1) is 0 Å². The summed E-state index contributed by atoms with van der Waals surface area (Å²) >= 11 is 0. The van der Waals surface area contributed by atoms with Crippen molar-refractivity contribution in [2.45, 2.75) is 65.2 Å². The van der Waals surface area contributed by atoms with E-state index in [1.54, 1.807) is 0 Å². The van der Waals surface area contributed by atoms with Crippen LogP contribution in [0.1, 0.15) is 64.4 Å². The average Bonchev–Trinajstić information content (AvgIpc) is 2.56. The van der Waals surface area contributed by atoms with Gasteiger partial charge < -0.3 is 9.47 Å². The van der Waals surface area contributed by atoms with Crippen molar-refractivity contribution in [1.82, 2.24) is 0 Å². The SMILES string of the molecule is C=CC(=O)Oc1cccc(OCC)c1CCCCCCCCC. The van der Waals surface area contributed by atoms with Crippen molar-refractivity contribution in [1.29, 1.82) is 0 Å². The zero-order chi connectivity index (χ0) is 16.9. The average molecular weight is 318 g/mol. The summed E-state index contributed by atoms with van der Waals surface area (Å²) in [5.41, 5.74) is 0.984. The number of ether oxygens (including phenoxy) is 2. The third-order valence-electron chi connectivity index (χ3n) is 3.80. The number of carbonyl (C=O) groups is 1. The van der Waals surface area contributed by atoms with Crippen LogP contribution in [0.25, 0.3) is 0 Å². The largest absolute Gasteiger partial charge is 0.493 e. The molecule has 0 saturated heterocycles. The molecule has 1 aromatic rings. The van der Waals surface area contributed by atoms with Crippen molar-refractivity contribution in [2.75, 3.05) is 6.61 Å². The lowest BCUT2D eigenvalue weighted by Crippen LogP contribution is -2.07. The molecule has 0 heterocycles. The van der Waals surface area contributed by atoms with Crippen LogP contribution in [0.2, 0.25) is 0 Å². The predicted molar refractivity (Wildman–Crippen MR) is 95.1 cm³/mol. The number of benzene rings is 1. The molecule has 0 saturated carbocycles. The van der Waals surface area contributed by atoms with Gasteiger partial charge in [0.15, 0.2) is 0 Å². The van der Waals surface area contributed by atoms with Crippen molar-refractivity contribution in [2.24, 2.45) is 0 Å². The summed E-state index contributed by atoms with van der Waals surface area (Å²) in [6.07, 6.45) is 10.8. The van der Waals surface area contributed by atoms with Crippen LogP contribution in [0.15, 0.2) is 30.9 Å². The summed E-state index contributed by atoms with van der Waals surface area (Å²) in [6.45, 7) is 8.24. The van der Waals surface area contributed by atoms with Gasteiger partial charge in [-0.3, -0.25) is 0 Å². The summed E-state index contributed by atoms with van der Waals surface area (Å²) in [6, 6.07) is 5.61. The van der Waals surface area contributed by atoms with Gasteiger partial charge in [0.1, 0.15) is 11.5 Å². The van der Waals surface area contributed by atoms with E-state index in [0.29, 0.717) is 12.4 Å². The number of unbranched alkanes of at least 4 members (excludes halogenated alkanes) is 6. The van der Waals surface area contributed by atoms with Crippen molar-refractivity contribution < 1.29 is 14.3 Å². The lowest BCUT2D eigenvalue weighted by atomic mass is 10.0. The van der Waals surface area contributed by atoms with Crippen LogP contribution < -0.4 is 9.47 Å². The van der Waals surface area contributed by atoms with Crippen LogP contribution in [0.5, 0.6) is 11.5 Å². The molecule has 0 fully saturated rings. The maximum atomic E-state index is 11.5. The molecular formula is C20H30O3. The predicted octanol–water partition coefficient (Wildman–Crippen LogP) is 5.47. The van der Waals surface area contributed by atoms with Crippen molar-refractivity contribution >= 4 is 5.97 Å². The quantitative estimate of drug-likeness (QED) is 0.222. The van der Waals surface area contributed by atoms with Gasteiger partial charge in [-0.25, -0.2) is 4.79 Å². The second-order valence-electron chi connectivity index (χ2n) is 5.66. The summed E-state index contributed by atoms with van der Waals surface area (Å²) in [7, 11) is 0. The first-order chi connectivity index (χ1) is 11.2. The van der Waals surface area contributed by atoms with Crippen LogP contribution in [0.3, 0.4) is 0 Å². The molecule has 0 aliphatic heterocycles. The van der Waals surface area contributed by atoms with E-state index in [9.17, 15) is 4.79 Å². The lowest BCUT2D eigenvalue weighted by molar-refractivity contribution is -0.129. The van der Waals surface area contributed by atoms with Crippen molar-refractivity contribution in [3.05, 3.63) is 36.4 Å². The maximum absolute atomic E-state index is 11.5. The Morgan fingerprint density at radius 2 is 1.70 bits per heavy atom. The van der Waals surface area contributed by atoms with Gasteiger partial charge in [0.2, 0.25) is 0 Å². The van der Waals surface area contributed by atoms with Crippen LogP contribution in [-0.2, 0) is 11.2 Å². The number of carbonyl (C=O) groups excluding carboxylic acids is 1. The Balaban J connectivity index is 2.61. The van der Waals surface area contributed by atoms with Crippen LogP contribution in [0.4, 0.5) is 0 Å². The van der Waals surface area contributed by atoms with Gasteiger partial charge in [-0.2, -0.15) is 0 Å². The number of rotatable bonds is 12. The zero-order valence-electron chi connectivity index (χ0n) is 14.6. The summed E-state index contributed by atoms with van der Waals surface area (Å²) < 4.78 is 11.0. The second kappa shape index (κ2) is 11.8. The molecule has 0 radical (unpaired) electrons. The summed E-state index contributed by atoms with van der Waals surface area (Å²) in [5.74, 6) is 0.971. The van der Waals surface area contributed by atoms with E-state index in [-0.39, 0.29) is 0 Å². The highest BCUT2D eigenvalue weighted by atomic mass is 16.5.